The van der Waals surface area contributed by atoms with Gasteiger partial charge in [0.25, 0.3) is 11.8 Å². The van der Waals surface area contributed by atoms with E-state index in [1.165, 1.54) is 4.90 Å². The largest absolute Gasteiger partial charge is 0.330 e. The third kappa shape index (κ3) is 1.82. The van der Waals surface area contributed by atoms with Gasteiger partial charge in [-0.05, 0) is 12.1 Å². The van der Waals surface area contributed by atoms with E-state index in [1.54, 1.807) is 35.0 Å². The maximum Gasteiger partial charge on any atom is 0.261 e. The molecule has 5 nitrogen and oxygen atoms in total. The lowest BCUT2D eigenvalue weighted by molar-refractivity contribution is 0.0655. The molecule has 2 radical (unpaired) electrons. The van der Waals surface area contributed by atoms with E-state index in [-0.39, 0.29) is 11.8 Å². The van der Waals surface area contributed by atoms with Gasteiger partial charge in [-0.2, -0.15) is 0 Å². The Balaban J connectivity index is 1.79. The highest BCUT2D eigenvalue weighted by Crippen LogP contribution is 2.22. The summed E-state index contributed by atoms with van der Waals surface area (Å²) >= 11 is 0. The number of hydrogen-bond acceptors (Lipinski definition) is 3. The molecule has 0 unspecified atom stereocenters. The fourth-order valence-corrected chi connectivity index (χ4v) is 2.32. The number of imidazole rings is 1. The van der Waals surface area contributed by atoms with Crippen molar-refractivity contribution in [3.8, 4) is 0 Å². The third-order valence-electron chi connectivity index (χ3n) is 3.49. The van der Waals surface area contributed by atoms with Gasteiger partial charge in [0.05, 0.1) is 11.1 Å². The summed E-state index contributed by atoms with van der Waals surface area (Å²) in [5, 5.41) is 0. The van der Waals surface area contributed by atoms with Gasteiger partial charge in [-0.15, -0.1) is 0 Å². The van der Waals surface area contributed by atoms with Crippen LogP contribution in [0.15, 0.2) is 30.5 Å². The molecule has 0 fully saturated rings. The van der Waals surface area contributed by atoms with Gasteiger partial charge in [0.15, 0.2) is 0 Å². The van der Waals surface area contributed by atoms with E-state index in [1.807, 2.05) is 0 Å². The zero-order valence-corrected chi connectivity index (χ0v) is 10.9. The van der Waals surface area contributed by atoms with Crippen molar-refractivity contribution in [2.24, 2.45) is 0 Å². The topological polar surface area (TPSA) is 55.2 Å². The van der Waals surface area contributed by atoms with Crippen LogP contribution >= 0.6 is 0 Å². The number of aromatic nitrogens is 2. The smallest absolute Gasteiger partial charge is 0.261 e. The van der Waals surface area contributed by atoms with Crippen LogP contribution in [-0.4, -0.2) is 32.8 Å². The van der Waals surface area contributed by atoms with E-state index in [4.69, 9.17) is 0 Å². The Bertz CT molecular complexity index is 668. The number of rotatable bonds is 3. The van der Waals surface area contributed by atoms with Crippen LogP contribution < -0.4 is 0 Å². The molecule has 0 saturated heterocycles. The summed E-state index contributed by atoms with van der Waals surface area (Å²) in [5.74, 6) is 0.0773. The second kappa shape index (κ2) is 4.59. The number of carbonyl (C=O) groups excluding carboxylic acids is 2. The fraction of sp³-hybridized carbons (Fsp3) is 0.133. The molecule has 100 valence electrons. The molecule has 0 saturated carbocycles. The first kappa shape index (κ1) is 12.6. The molecule has 2 heterocycles. The number of hydrogen-bond donors (Lipinski definition) is 0. The van der Waals surface area contributed by atoms with Crippen molar-refractivity contribution in [3.63, 3.8) is 0 Å². The van der Waals surface area contributed by atoms with Gasteiger partial charge in [0, 0.05) is 38.8 Å². The molecule has 3 rings (SSSR count). The van der Waals surface area contributed by atoms with Crippen molar-refractivity contribution >= 4 is 11.8 Å². The monoisotopic (exact) mass is 267 g/mol. The molecule has 0 aliphatic carbocycles. The normalized spacial score (nSPS) is 14.0. The summed E-state index contributed by atoms with van der Waals surface area (Å²) in [6.45, 7) is 4.04. The molecular formula is C15H13N3O2. The number of carbonyl (C=O) groups is 2. The zero-order chi connectivity index (χ0) is 14.3. The van der Waals surface area contributed by atoms with Gasteiger partial charge in [-0.3, -0.25) is 14.5 Å². The minimum atomic E-state index is -0.240. The van der Waals surface area contributed by atoms with Crippen molar-refractivity contribution in [2.75, 3.05) is 6.54 Å². The average molecular weight is 267 g/mol. The summed E-state index contributed by atoms with van der Waals surface area (Å²) < 4.78 is 1.61. The van der Waals surface area contributed by atoms with Crippen LogP contribution in [0.1, 0.15) is 32.2 Å². The lowest BCUT2D eigenvalue weighted by atomic mass is 10.1. The molecular weight excluding hydrogens is 254 g/mol. The lowest BCUT2D eigenvalue weighted by Gasteiger charge is -2.13. The van der Waals surface area contributed by atoms with E-state index < -0.39 is 0 Å². The quantitative estimate of drug-likeness (QED) is 0.793. The predicted molar refractivity (Wildman–Crippen MR) is 73.0 cm³/mol. The Morgan fingerprint density at radius 3 is 2.20 bits per heavy atom. The Morgan fingerprint density at radius 1 is 1.10 bits per heavy atom. The molecule has 0 spiro atoms. The summed E-state index contributed by atoms with van der Waals surface area (Å²) in [7, 11) is 3.81. The summed E-state index contributed by atoms with van der Waals surface area (Å²) in [5.41, 5.74) is 1.78. The van der Waals surface area contributed by atoms with Crippen LogP contribution in [0.25, 0.3) is 0 Å². The molecule has 0 bridgehead atoms. The Labute approximate surface area is 116 Å². The average Bonchev–Trinajstić information content (AvgIpc) is 2.90. The first-order chi connectivity index (χ1) is 9.59. The summed E-state index contributed by atoms with van der Waals surface area (Å²) in [6, 6.07) is 6.87. The van der Waals surface area contributed by atoms with Gasteiger partial charge in [-0.25, -0.2) is 4.98 Å². The standard InChI is InChI=1S/C15H13N3O2/c1-10-16-9-11(17(10)2)7-8-18-14(19)12-5-3-4-6-13(12)15(18)20/h3-6,9H,1-2,7-8H2. The van der Waals surface area contributed by atoms with E-state index >= 15 is 0 Å². The van der Waals surface area contributed by atoms with Gasteiger partial charge < -0.3 is 4.57 Å². The van der Waals surface area contributed by atoms with Gasteiger partial charge in [0.1, 0.15) is 5.82 Å². The van der Waals surface area contributed by atoms with Gasteiger partial charge in [0.2, 0.25) is 0 Å². The molecule has 2 amide bonds. The van der Waals surface area contributed by atoms with E-state index in [9.17, 15) is 9.59 Å². The lowest BCUT2D eigenvalue weighted by Crippen LogP contribution is -2.32. The highest BCUT2D eigenvalue weighted by atomic mass is 16.2. The minimum Gasteiger partial charge on any atom is -0.330 e. The Hall–Kier alpha value is -2.43. The zero-order valence-electron chi connectivity index (χ0n) is 10.9. The highest BCUT2D eigenvalue weighted by Gasteiger charge is 2.34. The van der Waals surface area contributed by atoms with Crippen LogP contribution in [0.2, 0.25) is 0 Å². The van der Waals surface area contributed by atoms with Gasteiger partial charge >= 0.3 is 0 Å². The molecule has 0 atom stereocenters. The minimum absolute atomic E-state index is 0.240. The maximum absolute atomic E-state index is 12.2. The van der Waals surface area contributed by atoms with Crippen LogP contribution in [0.3, 0.4) is 0 Å². The highest BCUT2D eigenvalue weighted by molar-refractivity contribution is 6.21. The van der Waals surface area contributed by atoms with Crippen LogP contribution in [0.4, 0.5) is 0 Å². The molecule has 5 heteroatoms. The van der Waals surface area contributed by atoms with Gasteiger partial charge in [-0.1, -0.05) is 12.1 Å². The molecule has 1 aliphatic heterocycles. The molecule has 1 aliphatic rings. The van der Waals surface area contributed by atoms with Crippen molar-refractivity contribution in [2.45, 2.75) is 6.42 Å². The Kier molecular flexibility index (Phi) is 2.89. The Morgan fingerprint density at radius 2 is 1.70 bits per heavy atom. The first-order valence-electron chi connectivity index (χ1n) is 6.24. The van der Waals surface area contributed by atoms with Crippen molar-refractivity contribution in [3.05, 3.63) is 67.1 Å². The third-order valence-corrected chi connectivity index (χ3v) is 3.49. The maximum atomic E-state index is 12.2. The number of imide groups is 1. The van der Waals surface area contributed by atoms with Crippen LogP contribution in [0, 0.1) is 14.0 Å². The van der Waals surface area contributed by atoms with E-state index in [0.717, 1.165) is 5.69 Å². The van der Waals surface area contributed by atoms with Crippen LogP contribution in [-0.2, 0) is 6.42 Å². The number of amides is 2. The second-order valence-corrected chi connectivity index (χ2v) is 4.65. The SMILES string of the molecule is [CH2]c1ncc(CCN2C(=O)c3ccccc3C2=O)n1[CH2]. The number of benzene rings is 1. The summed E-state index contributed by atoms with van der Waals surface area (Å²) in [6.07, 6.45) is 2.17. The second-order valence-electron chi connectivity index (χ2n) is 4.65. The predicted octanol–water partition coefficient (Wildman–Crippen LogP) is 1.54. The van der Waals surface area contributed by atoms with Crippen molar-refractivity contribution < 1.29 is 9.59 Å². The molecule has 20 heavy (non-hydrogen) atoms. The van der Waals surface area contributed by atoms with Crippen molar-refractivity contribution in [1.82, 2.24) is 14.5 Å². The van der Waals surface area contributed by atoms with E-state index in [0.29, 0.717) is 29.9 Å². The van der Waals surface area contributed by atoms with Crippen LogP contribution in [0.5, 0.6) is 0 Å². The molecule has 1 aromatic heterocycles. The number of nitrogens with zero attached hydrogens (tertiary/aromatic N) is 3. The summed E-state index contributed by atoms with van der Waals surface area (Å²) in [4.78, 5) is 29.7. The molecule has 2 aromatic rings. The van der Waals surface area contributed by atoms with Crippen molar-refractivity contribution in [1.29, 1.82) is 0 Å². The fourth-order valence-electron chi connectivity index (χ4n) is 2.32. The number of fused-ring (bicyclic) bond motifs is 1. The molecule has 1 aromatic carbocycles. The first-order valence-corrected chi connectivity index (χ1v) is 6.24. The molecule has 0 N–H and O–H groups in total. The van der Waals surface area contributed by atoms with E-state index in [2.05, 4.69) is 19.0 Å².